The Hall–Kier alpha value is -0.570. The fourth-order valence-electron chi connectivity index (χ4n) is 0.521. The molecule has 0 saturated carbocycles. The van der Waals surface area contributed by atoms with E-state index in [0.717, 1.165) is 26.1 Å². The van der Waals surface area contributed by atoms with Gasteiger partial charge < -0.3 is 10.6 Å². The zero-order valence-corrected chi connectivity index (χ0v) is 5.81. The lowest BCUT2D eigenvalue weighted by Gasteiger charge is -1.99. The van der Waals surface area contributed by atoms with Crippen LogP contribution in [0.15, 0.2) is 0 Å². The normalized spacial score (nSPS) is 9.00. The molecule has 0 aromatic rings. The third kappa shape index (κ3) is 7.43. The van der Waals surface area contributed by atoms with Crippen LogP contribution in [0.2, 0.25) is 0 Å². The maximum absolute atomic E-state index is 9.70. The van der Waals surface area contributed by atoms with Gasteiger partial charge in [-0.2, -0.15) is 0 Å². The third-order valence-corrected chi connectivity index (χ3v) is 0.956. The molecule has 0 bridgehead atoms. The van der Waals surface area contributed by atoms with Crippen molar-refractivity contribution in [3.63, 3.8) is 0 Å². The molecule has 0 unspecified atom stereocenters. The summed E-state index contributed by atoms with van der Waals surface area (Å²) in [7, 11) is 0. The van der Waals surface area contributed by atoms with Crippen LogP contribution in [0, 0.1) is 0 Å². The largest absolute Gasteiger partial charge is 0.357 e. The highest BCUT2D eigenvalue weighted by atomic mass is 16.1. The van der Waals surface area contributed by atoms with Gasteiger partial charge >= 0.3 is 0 Å². The van der Waals surface area contributed by atoms with Crippen LogP contribution in [-0.4, -0.2) is 26.0 Å². The van der Waals surface area contributed by atoms with Crippen molar-refractivity contribution < 1.29 is 4.79 Å². The number of carbonyl (C=O) groups excluding carboxylic acids is 1. The van der Waals surface area contributed by atoms with Gasteiger partial charge in [0.1, 0.15) is 0 Å². The van der Waals surface area contributed by atoms with Crippen molar-refractivity contribution in [1.29, 1.82) is 0 Å². The molecule has 0 spiro atoms. The second-order valence-corrected chi connectivity index (χ2v) is 1.82. The van der Waals surface area contributed by atoms with Crippen molar-refractivity contribution in [2.45, 2.75) is 13.3 Å². The summed E-state index contributed by atoms with van der Waals surface area (Å²) < 4.78 is 0. The van der Waals surface area contributed by atoms with Crippen LogP contribution in [0.1, 0.15) is 13.3 Å². The average Bonchev–Trinajstić information content (AvgIpc) is 1.89. The number of carbonyl (C=O) groups is 1. The highest BCUT2D eigenvalue weighted by molar-refractivity contribution is 5.45. The Kier molecular flexibility index (Phi) is 6.96. The van der Waals surface area contributed by atoms with Gasteiger partial charge in [-0.3, -0.25) is 4.79 Å². The lowest BCUT2D eigenvalue weighted by atomic mass is 10.5. The van der Waals surface area contributed by atoms with Crippen LogP contribution < -0.4 is 10.6 Å². The van der Waals surface area contributed by atoms with Gasteiger partial charge in [0, 0.05) is 13.1 Å². The van der Waals surface area contributed by atoms with E-state index >= 15 is 0 Å². The van der Waals surface area contributed by atoms with Gasteiger partial charge in [-0.05, 0) is 13.0 Å². The molecule has 0 saturated heterocycles. The first-order valence-electron chi connectivity index (χ1n) is 3.29. The van der Waals surface area contributed by atoms with E-state index in [1.165, 1.54) is 0 Å². The minimum absolute atomic E-state index is 0.716. The molecule has 9 heavy (non-hydrogen) atoms. The van der Waals surface area contributed by atoms with Crippen molar-refractivity contribution in [3.8, 4) is 0 Å². The molecule has 2 N–H and O–H groups in total. The fourth-order valence-corrected chi connectivity index (χ4v) is 0.521. The number of amides is 1. The maximum atomic E-state index is 9.70. The second kappa shape index (κ2) is 7.43. The summed E-state index contributed by atoms with van der Waals surface area (Å²) >= 11 is 0. The van der Waals surface area contributed by atoms with Crippen LogP contribution in [0.3, 0.4) is 0 Å². The first-order chi connectivity index (χ1) is 4.41. The van der Waals surface area contributed by atoms with E-state index in [4.69, 9.17) is 0 Å². The summed E-state index contributed by atoms with van der Waals surface area (Å²) in [4.78, 5) is 9.70. The fraction of sp³-hybridized carbons (Fsp3) is 0.833. The minimum atomic E-state index is 0.716. The molecular weight excluding hydrogens is 116 g/mol. The highest BCUT2D eigenvalue weighted by Gasteiger charge is 1.81. The maximum Gasteiger partial charge on any atom is 0.207 e. The monoisotopic (exact) mass is 130 g/mol. The van der Waals surface area contributed by atoms with Gasteiger partial charge in [0.2, 0.25) is 6.41 Å². The van der Waals surface area contributed by atoms with Gasteiger partial charge in [-0.15, -0.1) is 0 Å². The van der Waals surface area contributed by atoms with E-state index in [1.54, 1.807) is 0 Å². The quantitative estimate of drug-likeness (QED) is 0.384. The second-order valence-electron chi connectivity index (χ2n) is 1.82. The first-order valence-corrected chi connectivity index (χ1v) is 3.29. The van der Waals surface area contributed by atoms with Gasteiger partial charge in [-0.1, -0.05) is 6.92 Å². The summed E-state index contributed by atoms with van der Waals surface area (Å²) in [5.41, 5.74) is 0. The zero-order valence-electron chi connectivity index (χ0n) is 5.81. The van der Waals surface area contributed by atoms with E-state index in [-0.39, 0.29) is 0 Å². The minimum Gasteiger partial charge on any atom is -0.357 e. The predicted molar refractivity (Wildman–Crippen MR) is 37.2 cm³/mol. The molecule has 0 aromatic carbocycles. The third-order valence-electron chi connectivity index (χ3n) is 0.956. The van der Waals surface area contributed by atoms with E-state index < -0.39 is 0 Å². The van der Waals surface area contributed by atoms with Crippen LogP contribution in [0.4, 0.5) is 0 Å². The molecule has 0 heterocycles. The van der Waals surface area contributed by atoms with Crippen molar-refractivity contribution >= 4 is 6.41 Å². The summed E-state index contributed by atoms with van der Waals surface area (Å²) in [5, 5.41) is 5.71. The zero-order chi connectivity index (χ0) is 6.95. The molecule has 0 radical (unpaired) electrons. The van der Waals surface area contributed by atoms with Crippen molar-refractivity contribution in [2.24, 2.45) is 0 Å². The lowest BCUT2D eigenvalue weighted by Crippen LogP contribution is -2.26. The highest BCUT2D eigenvalue weighted by Crippen LogP contribution is 1.66. The standard InChI is InChI=1S/C6H14N2O/c1-2-3-7-4-5-8-6-9/h6-7H,2-5H2,1H3,(H,8,9). The van der Waals surface area contributed by atoms with E-state index in [1.807, 2.05) is 0 Å². The van der Waals surface area contributed by atoms with Gasteiger partial charge in [0.15, 0.2) is 0 Å². The lowest BCUT2D eigenvalue weighted by molar-refractivity contribution is -0.109. The summed E-state index contributed by atoms with van der Waals surface area (Å²) in [6.45, 7) is 4.73. The van der Waals surface area contributed by atoms with Crippen LogP contribution >= 0.6 is 0 Å². The number of hydrogen-bond donors (Lipinski definition) is 2. The first kappa shape index (κ1) is 8.43. The SMILES string of the molecule is CCCNCCNC=O. The molecular formula is C6H14N2O. The Balaban J connectivity index is 2.66. The van der Waals surface area contributed by atoms with Crippen molar-refractivity contribution in [2.75, 3.05) is 19.6 Å². The molecule has 0 aromatic heterocycles. The molecule has 0 atom stereocenters. The Bertz CT molecular complexity index is 66.1. The molecule has 3 heteroatoms. The molecule has 0 aliphatic rings. The molecule has 3 nitrogen and oxygen atoms in total. The van der Waals surface area contributed by atoms with Crippen molar-refractivity contribution in [3.05, 3.63) is 0 Å². The van der Waals surface area contributed by atoms with Crippen LogP contribution in [0.25, 0.3) is 0 Å². The predicted octanol–water partition coefficient (Wildman–Crippen LogP) is -0.268. The van der Waals surface area contributed by atoms with E-state index in [2.05, 4.69) is 17.6 Å². The molecule has 0 rings (SSSR count). The molecule has 54 valence electrons. The van der Waals surface area contributed by atoms with Crippen LogP contribution in [0.5, 0.6) is 0 Å². The summed E-state index contributed by atoms with van der Waals surface area (Å²) in [5.74, 6) is 0. The molecule has 0 fully saturated rings. The Labute approximate surface area is 55.8 Å². The van der Waals surface area contributed by atoms with Crippen molar-refractivity contribution in [1.82, 2.24) is 10.6 Å². The summed E-state index contributed by atoms with van der Waals surface area (Å²) in [6, 6.07) is 0. The van der Waals surface area contributed by atoms with E-state index in [9.17, 15) is 4.79 Å². The van der Waals surface area contributed by atoms with Gasteiger partial charge in [0.25, 0.3) is 0 Å². The molecule has 0 aliphatic carbocycles. The average molecular weight is 130 g/mol. The number of nitrogens with one attached hydrogen (secondary N) is 2. The number of hydrogen-bond acceptors (Lipinski definition) is 2. The van der Waals surface area contributed by atoms with E-state index in [0.29, 0.717) is 6.41 Å². The van der Waals surface area contributed by atoms with Gasteiger partial charge in [-0.25, -0.2) is 0 Å². The Morgan fingerprint density at radius 3 is 2.67 bits per heavy atom. The topological polar surface area (TPSA) is 41.1 Å². The Morgan fingerprint density at radius 2 is 2.11 bits per heavy atom. The van der Waals surface area contributed by atoms with Crippen LogP contribution in [-0.2, 0) is 4.79 Å². The number of rotatable bonds is 6. The molecule has 0 aliphatic heterocycles. The Morgan fingerprint density at radius 1 is 1.33 bits per heavy atom. The van der Waals surface area contributed by atoms with Gasteiger partial charge in [0.05, 0.1) is 0 Å². The smallest absolute Gasteiger partial charge is 0.207 e. The summed E-state index contributed by atoms with van der Waals surface area (Å²) in [6.07, 6.45) is 1.86. The molecule has 1 amide bonds.